The summed E-state index contributed by atoms with van der Waals surface area (Å²) in [6.07, 6.45) is 7.56. The fourth-order valence-electron chi connectivity index (χ4n) is 3.05. The van der Waals surface area contributed by atoms with Crippen LogP contribution >= 0.6 is 0 Å². The molecule has 1 aliphatic rings. The van der Waals surface area contributed by atoms with Crippen LogP contribution in [0.25, 0.3) is 0 Å². The molecule has 3 heterocycles. The van der Waals surface area contributed by atoms with Crippen molar-refractivity contribution >= 4 is 17.8 Å². The molecule has 0 bridgehead atoms. The van der Waals surface area contributed by atoms with Gasteiger partial charge < -0.3 is 14.7 Å². The molecule has 0 radical (unpaired) electrons. The summed E-state index contributed by atoms with van der Waals surface area (Å²) in [5.41, 5.74) is 1.10. The summed E-state index contributed by atoms with van der Waals surface area (Å²) >= 11 is 0. The Morgan fingerprint density at radius 2 is 1.70 bits per heavy atom. The van der Waals surface area contributed by atoms with Gasteiger partial charge in [0.25, 0.3) is 0 Å². The van der Waals surface area contributed by atoms with Crippen LogP contribution in [0.1, 0.15) is 12.5 Å². The molecule has 0 saturated carbocycles. The topological polar surface area (TPSA) is 82.5 Å². The highest BCUT2D eigenvalue weighted by molar-refractivity contribution is 6.34. The second kappa shape index (κ2) is 9.07. The lowest BCUT2D eigenvalue weighted by molar-refractivity contribution is -0.151. The molecule has 8 nitrogen and oxygen atoms in total. The van der Waals surface area contributed by atoms with Gasteiger partial charge in [-0.1, -0.05) is 0 Å². The first-order valence-corrected chi connectivity index (χ1v) is 9.18. The molecule has 1 fully saturated rings. The zero-order chi connectivity index (χ0) is 19.1. The molecule has 27 heavy (non-hydrogen) atoms. The van der Waals surface area contributed by atoms with Crippen LogP contribution in [0.3, 0.4) is 0 Å². The number of pyridine rings is 1. The van der Waals surface area contributed by atoms with Crippen molar-refractivity contribution < 1.29 is 9.59 Å². The number of amides is 2. The maximum absolute atomic E-state index is 12.6. The first-order chi connectivity index (χ1) is 13.2. The molecule has 1 aliphatic heterocycles. The Morgan fingerprint density at radius 1 is 1.04 bits per heavy atom. The van der Waals surface area contributed by atoms with Crippen LogP contribution in [-0.2, 0) is 16.0 Å². The molecule has 3 rings (SSSR count). The van der Waals surface area contributed by atoms with Crippen LogP contribution in [0.4, 0.5) is 5.95 Å². The minimum atomic E-state index is -0.434. The minimum absolute atomic E-state index is 0.430. The fraction of sp³-hybridized carbons (Fsp3) is 0.421. The molecule has 0 unspecified atom stereocenters. The van der Waals surface area contributed by atoms with Gasteiger partial charge in [0.2, 0.25) is 5.95 Å². The van der Waals surface area contributed by atoms with Crippen molar-refractivity contribution in [2.75, 3.05) is 44.2 Å². The third-order valence-electron chi connectivity index (χ3n) is 4.67. The zero-order valence-corrected chi connectivity index (χ0v) is 15.5. The third kappa shape index (κ3) is 4.78. The standard InChI is InChI=1S/C19H24N6O2/c1-2-23(11-6-16-4-9-20-10-5-16)17(26)18(27)24-12-14-25(15-13-24)19-21-7-3-8-22-19/h3-5,7-10H,2,6,11-15H2,1H3. The number of hydrogen-bond acceptors (Lipinski definition) is 6. The highest BCUT2D eigenvalue weighted by Crippen LogP contribution is 2.11. The van der Waals surface area contributed by atoms with Crippen molar-refractivity contribution in [2.45, 2.75) is 13.3 Å². The molecule has 0 spiro atoms. The number of nitrogens with zero attached hydrogens (tertiary/aromatic N) is 6. The van der Waals surface area contributed by atoms with E-state index < -0.39 is 11.8 Å². The number of rotatable bonds is 5. The molecule has 2 aromatic heterocycles. The van der Waals surface area contributed by atoms with Crippen LogP contribution in [0.15, 0.2) is 43.0 Å². The maximum atomic E-state index is 12.6. The molecule has 0 aliphatic carbocycles. The monoisotopic (exact) mass is 368 g/mol. The van der Waals surface area contributed by atoms with Gasteiger partial charge in [-0.05, 0) is 37.1 Å². The largest absolute Gasteiger partial charge is 0.337 e. The number of hydrogen-bond donors (Lipinski definition) is 0. The van der Waals surface area contributed by atoms with Gasteiger partial charge in [-0.2, -0.15) is 0 Å². The number of piperazine rings is 1. The molecular formula is C19H24N6O2. The van der Waals surface area contributed by atoms with E-state index >= 15 is 0 Å². The molecule has 0 atom stereocenters. The van der Waals surface area contributed by atoms with Crippen molar-refractivity contribution in [1.29, 1.82) is 0 Å². The fourth-order valence-corrected chi connectivity index (χ4v) is 3.05. The Balaban J connectivity index is 1.52. The average Bonchev–Trinajstić information content (AvgIpc) is 2.75. The van der Waals surface area contributed by atoms with Gasteiger partial charge in [0.1, 0.15) is 0 Å². The Hall–Kier alpha value is -3.03. The highest BCUT2D eigenvalue weighted by atomic mass is 16.2. The lowest BCUT2D eigenvalue weighted by atomic mass is 10.2. The second-order valence-corrected chi connectivity index (χ2v) is 6.32. The van der Waals surface area contributed by atoms with Crippen LogP contribution in [0.5, 0.6) is 0 Å². The molecule has 2 amide bonds. The number of aromatic nitrogens is 3. The van der Waals surface area contributed by atoms with Crippen LogP contribution < -0.4 is 4.90 Å². The summed E-state index contributed by atoms with van der Waals surface area (Å²) in [6.45, 7) is 5.13. The van der Waals surface area contributed by atoms with Crippen LogP contribution in [0, 0.1) is 0 Å². The summed E-state index contributed by atoms with van der Waals surface area (Å²) in [7, 11) is 0. The maximum Gasteiger partial charge on any atom is 0.312 e. The van der Waals surface area contributed by atoms with Crippen LogP contribution in [-0.4, -0.2) is 75.8 Å². The van der Waals surface area contributed by atoms with E-state index in [4.69, 9.17) is 0 Å². The Morgan fingerprint density at radius 3 is 2.33 bits per heavy atom. The SMILES string of the molecule is CCN(CCc1ccncc1)C(=O)C(=O)N1CCN(c2ncccn2)CC1. The quantitative estimate of drug-likeness (QED) is 0.719. The Bertz CT molecular complexity index is 747. The molecular weight excluding hydrogens is 344 g/mol. The summed E-state index contributed by atoms with van der Waals surface area (Å²) in [5.74, 6) is -0.209. The van der Waals surface area contributed by atoms with Crippen molar-refractivity contribution in [3.8, 4) is 0 Å². The summed E-state index contributed by atoms with van der Waals surface area (Å²) < 4.78 is 0. The van der Waals surface area contributed by atoms with Gasteiger partial charge in [-0.15, -0.1) is 0 Å². The van der Waals surface area contributed by atoms with E-state index in [1.807, 2.05) is 24.0 Å². The van der Waals surface area contributed by atoms with Crippen molar-refractivity contribution in [3.63, 3.8) is 0 Å². The minimum Gasteiger partial charge on any atom is -0.337 e. The third-order valence-corrected chi connectivity index (χ3v) is 4.67. The zero-order valence-electron chi connectivity index (χ0n) is 15.5. The van der Waals surface area contributed by atoms with Crippen molar-refractivity contribution in [3.05, 3.63) is 48.5 Å². The molecule has 0 N–H and O–H groups in total. The first kappa shape index (κ1) is 18.8. The molecule has 2 aromatic rings. The van der Waals surface area contributed by atoms with E-state index in [9.17, 15) is 9.59 Å². The first-order valence-electron chi connectivity index (χ1n) is 9.18. The highest BCUT2D eigenvalue weighted by Gasteiger charge is 2.29. The molecule has 1 saturated heterocycles. The second-order valence-electron chi connectivity index (χ2n) is 6.32. The predicted octanol–water partition coefficient (Wildman–Crippen LogP) is 0.611. The van der Waals surface area contributed by atoms with E-state index in [0.717, 1.165) is 5.56 Å². The average molecular weight is 368 g/mol. The lowest BCUT2D eigenvalue weighted by Crippen LogP contribution is -2.53. The number of anilines is 1. The smallest absolute Gasteiger partial charge is 0.312 e. The summed E-state index contributed by atoms with van der Waals surface area (Å²) in [4.78, 5) is 43.0. The number of carbonyl (C=O) groups is 2. The van der Waals surface area contributed by atoms with E-state index in [-0.39, 0.29) is 0 Å². The molecule has 142 valence electrons. The normalized spacial score (nSPS) is 14.1. The van der Waals surface area contributed by atoms with Gasteiger partial charge in [-0.3, -0.25) is 14.6 Å². The molecule has 0 aromatic carbocycles. The number of likely N-dealkylation sites (N-methyl/N-ethyl adjacent to an activating group) is 1. The van der Waals surface area contributed by atoms with Crippen LogP contribution in [0.2, 0.25) is 0 Å². The van der Waals surface area contributed by atoms with Gasteiger partial charge in [0.15, 0.2) is 0 Å². The lowest BCUT2D eigenvalue weighted by Gasteiger charge is -2.35. The van der Waals surface area contributed by atoms with Gasteiger partial charge in [-0.25, -0.2) is 9.97 Å². The summed E-state index contributed by atoms with van der Waals surface area (Å²) in [5, 5.41) is 0. The van der Waals surface area contributed by atoms with E-state index in [0.29, 0.717) is 51.6 Å². The Kier molecular flexibility index (Phi) is 6.30. The van der Waals surface area contributed by atoms with Gasteiger partial charge in [0, 0.05) is 64.1 Å². The van der Waals surface area contributed by atoms with E-state index in [1.54, 1.807) is 40.7 Å². The van der Waals surface area contributed by atoms with Crippen molar-refractivity contribution in [2.24, 2.45) is 0 Å². The summed E-state index contributed by atoms with van der Waals surface area (Å²) in [6, 6.07) is 5.61. The van der Waals surface area contributed by atoms with Gasteiger partial charge in [0.05, 0.1) is 0 Å². The van der Waals surface area contributed by atoms with Crippen molar-refractivity contribution in [1.82, 2.24) is 24.8 Å². The molecule has 8 heteroatoms. The number of carbonyl (C=O) groups excluding carboxylic acids is 2. The predicted molar refractivity (Wildman–Crippen MR) is 101 cm³/mol. The van der Waals surface area contributed by atoms with E-state index in [1.165, 1.54) is 0 Å². The van der Waals surface area contributed by atoms with Gasteiger partial charge >= 0.3 is 11.8 Å². The van der Waals surface area contributed by atoms with E-state index in [2.05, 4.69) is 15.0 Å². The Labute approximate surface area is 158 Å².